The van der Waals surface area contributed by atoms with Gasteiger partial charge in [-0.15, -0.1) is 0 Å². The van der Waals surface area contributed by atoms with Crippen molar-refractivity contribution in [3.63, 3.8) is 0 Å². The number of aromatic amines is 1. The van der Waals surface area contributed by atoms with Crippen molar-refractivity contribution in [1.82, 2.24) is 35.0 Å². The first-order chi connectivity index (χ1) is 14.6. The molecule has 4 aromatic rings. The number of amides is 1. The van der Waals surface area contributed by atoms with Crippen LogP contribution in [0.15, 0.2) is 43.0 Å². The zero-order chi connectivity index (χ0) is 20.7. The summed E-state index contributed by atoms with van der Waals surface area (Å²) in [6.07, 6.45) is 11.6. The fourth-order valence-electron chi connectivity index (χ4n) is 4.57. The minimum absolute atomic E-state index is 0.0635. The van der Waals surface area contributed by atoms with Gasteiger partial charge in [-0.25, -0.2) is 9.50 Å². The lowest BCUT2D eigenvalue weighted by molar-refractivity contribution is 0.0884. The number of benzene rings is 1. The van der Waals surface area contributed by atoms with Crippen molar-refractivity contribution in [2.75, 3.05) is 14.1 Å². The number of nitrogens with zero attached hydrogens (tertiary/aromatic N) is 5. The maximum absolute atomic E-state index is 13.4. The number of fused-ring (bicyclic) bond motifs is 2. The summed E-state index contributed by atoms with van der Waals surface area (Å²) in [5, 5.41) is 15.7. The van der Waals surface area contributed by atoms with Gasteiger partial charge in [-0.2, -0.15) is 10.2 Å². The fraction of sp³-hybridized carbons (Fsp3) is 0.364. The lowest BCUT2D eigenvalue weighted by atomic mass is 9.89. The Balaban J connectivity index is 1.54. The quantitative estimate of drug-likeness (QED) is 0.547. The summed E-state index contributed by atoms with van der Waals surface area (Å²) >= 11 is 0. The number of hydrogen-bond donors (Lipinski definition) is 2. The number of nitrogens with one attached hydrogen (secondary N) is 2. The van der Waals surface area contributed by atoms with Gasteiger partial charge >= 0.3 is 0 Å². The molecule has 1 aliphatic rings. The van der Waals surface area contributed by atoms with Crippen molar-refractivity contribution in [3.05, 3.63) is 48.5 Å². The molecule has 0 unspecified atom stereocenters. The number of rotatable bonds is 4. The Kier molecular flexibility index (Phi) is 4.71. The van der Waals surface area contributed by atoms with Gasteiger partial charge in [0, 0.05) is 35.4 Å². The normalized spacial score (nSPS) is 19.6. The van der Waals surface area contributed by atoms with Crippen LogP contribution < -0.4 is 5.32 Å². The van der Waals surface area contributed by atoms with Crippen LogP contribution in [0.5, 0.6) is 0 Å². The number of likely N-dealkylation sites (N-methyl/N-ethyl adjacent to an activating group) is 1. The average molecular weight is 403 g/mol. The predicted octanol–water partition coefficient (Wildman–Crippen LogP) is 2.88. The van der Waals surface area contributed by atoms with Crippen LogP contribution in [-0.2, 0) is 0 Å². The Hall–Kier alpha value is -3.26. The SMILES string of the molecule is CN(C)[C@H]1CCCC[C@H]1NC(=O)c1cc(-c2cnn3cccnc23)cc2[nH]ncc12. The topological polar surface area (TPSA) is 91.2 Å². The number of hydrogen-bond acceptors (Lipinski definition) is 5. The third-order valence-electron chi connectivity index (χ3n) is 6.10. The Morgan fingerprint density at radius 1 is 1.23 bits per heavy atom. The number of carbonyl (C=O) groups is 1. The summed E-state index contributed by atoms with van der Waals surface area (Å²) in [5.74, 6) is -0.0635. The summed E-state index contributed by atoms with van der Waals surface area (Å²) in [6, 6.07) is 6.26. The zero-order valence-corrected chi connectivity index (χ0v) is 17.2. The molecule has 5 rings (SSSR count). The molecular formula is C22H25N7O. The van der Waals surface area contributed by atoms with E-state index >= 15 is 0 Å². The maximum Gasteiger partial charge on any atom is 0.252 e. The highest BCUT2D eigenvalue weighted by molar-refractivity contribution is 6.08. The Labute approximate surface area is 174 Å². The summed E-state index contributed by atoms with van der Waals surface area (Å²) < 4.78 is 1.73. The van der Waals surface area contributed by atoms with Crippen LogP contribution >= 0.6 is 0 Å². The molecule has 154 valence electrons. The summed E-state index contributed by atoms with van der Waals surface area (Å²) in [5.41, 5.74) is 3.96. The van der Waals surface area contributed by atoms with Gasteiger partial charge in [-0.1, -0.05) is 12.8 Å². The molecule has 0 saturated heterocycles. The maximum atomic E-state index is 13.4. The molecule has 2 N–H and O–H groups in total. The minimum Gasteiger partial charge on any atom is -0.348 e. The van der Waals surface area contributed by atoms with Gasteiger partial charge < -0.3 is 10.2 Å². The molecule has 2 atom stereocenters. The van der Waals surface area contributed by atoms with Crippen LogP contribution in [0.4, 0.5) is 0 Å². The number of aromatic nitrogens is 5. The molecule has 3 aromatic heterocycles. The number of carbonyl (C=O) groups excluding carboxylic acids is 1. The van der Waals surface area contributed by atoms with Crippen LogP contribution in [-0.4, -0.2) is 61.8 Å². The third-order valence-corrected chi connectivity index (χ3v) is 6.10. The second kappa shape index (κ2) is 7.53. The summed E-state index contributed by atoms with van der Waals surface area (Å²) in [4.78, 5) is 20.0. The van der Waals surface area contributed by atoms with Crippen molar-refractivity contribution < 1.29 is 4.79 Å². The molecule has 1 saturated carbocycles. The van der Waals surface area contributed by atoms with E-state index in [1.165, 1.54) is 6.42 Å². The molecule has 1 amide bonds. The van der Waals surface area contributed by atoms with Gasteiger partial charge in [0.05, 0.1) is 23.5 Å². The predicted molar refractivity (Wildman–Crippen MR) is 115 cm³/mol. The second-order valence-electron chi connectivity index (χ2n) is 8.20. The molecule has 30 heavy (non-hydrogen) atoms. The van der Waals surface area contributed by atoms with E-state index in [1.54, 1.807) is 23.1 Å². The molecule has 0 spiro atoms. The molecule has 8 heteroatoms. The van der Waals surface area contributed by atoms with Crippen molar-refractivity contribution in [2.24, 2.45) is 0 Å². The zero-order valence-electron chi connectivity index (χ0n) is 17.2. The monoisotopic (exact) mass is 403 g/mol. The van der Waals surface area contributed by atoms with Crippen LogP contribution in [0.3, 0.4) is 0 Å². The summed E-state index contributed by atoms with van der Waals surface area (Å²) in [7, 11) is 4.17. The van der Waals surface area contributed by atoms with Gasteiger partial charge in [0.15, 0.2) is 5.65 Å². The highest BCUT2D eigenvalue weighted by Gasteiger charge is 2.29. The molecule has 1 aliphatic carbocycles. The van der Waals surface area contributed by atoms with E-state index in [9.17, 15) is 4.79 Å². The van der Waals surface area contributed by atoms with Gasteiger partial charge in [0.25, 0.3) is 5.91 Å². The fourth-order valence-corrected chi connectivity index (χ4v) is 4.57. The van der Waals surface area contributed by atoms with Crippen LogP contribution in [0.2, 0.25) is 0 Å². The number of H-pyrrole nitrogens is 1. The average Bonchev–Trinajstić information content (AvgIpc) is 3.40. The Morgan fingerprint density at radius 2 is 2.10 bits per heavy atom. The van der Waals surface area contributed by atoms with Crippen LogP contribution in [0, 0.1) is 0 Å². The molecular weight excluding hydrogens is 378 g/mol. The molecule has 0 bridgehead atoms. The Bertz CT molecular complexity index is 1210. The molecule has 8 nitrogen and oxygen atoms in total. The first kappa shape index (κ1) is 18.7. The minimum atomic E-state index is -0.0635. The van der Waals surface area contributed by atoms with E-state index in [0.29, 0.717) is 11.6 Å². The summed E-state index contributed by atoms with van der Waals surface area (Å²) in [6.45, 7) is 0. The van der Waals surface area contributed by atoms with Gasteiger partial charge in [0.1, 0.15) is 0 Å². The highest BCUT2D eigenvalue weighted by Crippen LogP contribution is 2.29. The van der Waals surface area contributed by atoms with Crippen molar-refractivity contribution in [1.29, 1.82) is 0 Å². The first-order valence-electron chi connectivity index (χ1n) is 10.3. The van der Waals surface area contributed by atoms with Crippen LogP contribution in [0.25, 0.3) is 27.7 Å². The largest absolute Gasteiger partial charge is 0.348 e. The van der Waals surface area contributed by atoms with Gasteiger partial charge in [-0.05, 0) is 50.7 Å². The second-order valence-corrected chi connectivity index (χ2v) is 8.20. The van der Waals surface area contributed by atoms with E-state index in [0.717, 1.165) is 46.9 Å². The van der Waals surface area contributed by atoms with E-state index in [-0.39, 0.29) is 11.9 Å². The third kappa shape index (κ3) is 3.23. The van der Waals surface area contributed by atoms with Crippen molar-refractivity contribution in [3.8, 4) is 11.1 Å². The molecule has 1 fully saturated rings. The van der Waals surface area contributed by atoms with Gasteiger partial charge in [0.2, 0.25) is 0 Å². The van der Waals surface area contributed by atoms with Crippen molar-refractivity contribution in [2.45, 2.75) is 37.8 Å². The molecule has 1 aromatic carbocycles. The van der Waals surface area contributed by atoms with E-state index in [2.05, 4.69) is 44.6 Å². The smallest absolute Gasteiger partial charge is 0.252 e. The van der Waals surface area contributed by atoms with Crippen LogP contribution in [0.1, 0.15) is 36.0 Å². The van der Waals surface area contributed by atoms with E-state index < -0.39 is 0 Å². The molecule has 0 radical (unpaired) electrons. The Morgan fingerprint density at radius 3 is 2.97 bits per heavy atom. The highest BCUT2D eigenvalue weighted by atomic mass is 16.1. The van der Waals surface area contributed by atoms with Gasteiger partial charge in [-0.3, -0.25) is 9.89 Å². The van der Waals surface area contributed by atoms with E-state index in [1.807, 2.05) is 24.4 Å². The lowest BCUT2D eigenvalue weighted by Crippen LogP contribution is -2.51. The van der Waals surface area contributed by atoms with E-state index in [4.69, 9.17) is 0 Å². The standard InChI is InChI=1S/C22H25N7O/c1-28(2)20-7-4-3-6-18(20)26-22(30)15-10-14(11-19-17(15)12-24-27-19)16-13-25-29-9-5-8-23-21(16)29/h5,8-13,18,20H,3-4,6-7H2,1-2H3,(H,24,27)(H,26,30)/t18-,20+/m1/s1. The molecule has 0 aliphatic heterocycles. The lowest BCUT2D eigenvalue weighted by Gasteiger charge is -2.36. The van der Waals surface area contributed by atoms with Crippen molar-refractivity contribution >= 4 is 22.5 Å². The first-order valence-corrected chi connectivity index (χ1v) is 10.3. The molecule has 3 heterocycles.